The van der Waals surface area contributed by atoms with Gasteiger partial charge >= 0.3 is 0 Å². The molecule has 0 bridgehead atoms. The molecule has 1 heterocycles. The quantitative estimate of drug-likeness (QED) is 0.919. The average molecular weight is 341 g/mol. The number of benzene rings is 1. The van der Waals surface area contributed by atoms with Gasteiger partial charge in [0.25, 0.3) is 5.91 Å². The van der Waals surface area contributed by atoms with Crippen molar-refractivity contribution in [1.82, 2.24) is 10.2 Å². The van der Waals surface area contributed by atoms with Gasteiger partial charge in [-0.3, -0.25) is 4.79 Å². The Labute approximate surface area is 128 Å². The first-order chi connectivity index (χ1) is 9.47. The lowest BCUT2D eigenvalue weighted by Crippen LogP contribution is -2.52. The third-order valence-electron chi connectivity index (χ3n) is 3.25. The van der Waals surface area contributed by atoms with E-state index in [1.807, 2.05) is 36.9 Å². The molecule has 2 rings (SSSR count). The Balaban J connectivity index is 2.22. The van der Waals surface area contributed by atoms with E-state index in [4.69, 9.17) is 4.74 Å². The highest BCUT2D eigenvalue weighted by Gasteiger charge is 2.24. The summed E-state index contributed by atoms with van der Waals surface area (Å²) in [7, 11) is 0. The van der Waals surface area contributed by atoms with Crippen LogP contribution in [-0.2, 0) is 0 Å². The number of hydrogen-bond donors (Lipinski definition) is 1. The second-order valence-electron chi connectivity index (χ2n) is 5.39. The van der Waals surface area contributed by atoms with Gasteiger partial charge < -0.3 is 15.0 Å². The zero-order valence-corrected chi connectivity index (χ0v) is 13.7. The van der Waals surface area contributed by atoms with Gasteiger partial charge in [0.15, 0.2) is 0 Å². The molecule has 0 spiro atoms. The molecule has 0 aliphatic carbocycles. The van der Waals surface area contributed by atoms with Gasteiger partial charge in [-0.25, -0.2) is 0 Å². The van der Waals surface area contributed by atoms with Crippen molar-refractivity contribution >= 4 is 21.8 Å². The van der Waals surface area contributed by atoms with E-state index in [0.29, 0.717) is 5.56 Å². The van der Waals surface area contributed by atoms with Crippen LogP contribution in [0.2, 0.25) is 0 Å². The molecule has 0 radical (unpaired) electrons. The van der Waals surface area contributed by atoms with Crippen molar-refractivity contribution in [3.63, 3.8) is 0 Å². The summed E-state index contributed by atoms with van der Waals surface area (Å²) in [5, 5.41) is 3.29. The molecular weight excluding hydrogens is 320 g/mol. The lowest BCUT2D eigenvalue weighted by atomic mass is 10.1. The topological polar surface area (TPSA) is 41.6 Å². The summed E-state index contributed by atoms with van der Waals surface area (Å²) in [6.45, 7) is 8.44. The summed E-state index contributed by atoms with van der Waals surface area (Å²) >= 11 is 3.45. The Bertz CT molecular complexity index is 491. The summed E-state index contributed by atoms with van der Waals surface area (Å²) < 4.78 is 6.55. The van der Waals surface area contributed by atoms with E-state index in [1.165, 1.54) is 0 Å². The van der Waals surface area contributed by atoms with Crippen LogP contribution >= 0.6 is 15.9 Å². The zero-order valence-electron chi connectivity index (χ0n) is 12.1. The van der Waals surface area contributed by atoms with Crippen LogP contribution in [0.5, 0.6) is 5.75 Å². The van der Waals surface area contributed by atoms with E-state index in [1.54, 1.807) is 0 Å². The van der Waals surface area contributed by atoms with Crippen molar-refractivity contribution in [3.05, 3.63) is 28.2 Å². The molecular formula is C15H21BrN2O2. The number of carbonyl (C=O) groups excluding carboxylic acids is 1. The Morgan fingerprint density at radius 2 is 2.20 bits per heavy atom. The van der Waals surface area contributed by atoms with E-state index in [-0.39, 0.29) is 18.1 Å². The maximum atomic E-state index is 12.6. The van der Waals surface area contributed by atoms with Crippen LogP contribution in [0.1, 0.15) is 31.1 Å². The lowest BCUT2D eigenvalue weighted by molar-refractivity contribution is 0.0655. The Morgan fingerprint density at radius 1 is 1.45 bits per heavy atom. The minimum Gasteiger partial charge on any atom is -0.491 e. The smallest absolute Gasteiger partial charge is 0.254 e. The number of ether oxygens (including phenoxy) is 1. The maximum Gasteiger partial charge on any atom is 0.254 e. The summed E-state index contributed by atoms with van der Waals surface area (Å²) in [6.07, 6.45) is 0.0883. The van der Waals surface area contributed by atoms with Crippen molar-refractivity contribution in [2.75, 3.05) is 19.6 Å². The molecule has 5 heteroatoms. The van der Waals surface area contributed by atoms with E-state index in [0.717, 1.165) is 29.9 Å². The van der Waals surface area contributed by atoms with Crippen molar-refractivity contribution < 1.29 is 9.53 Å². The Morgan fingerprint density at radius 3 is 2.85 bits per heavy atom. The fraction of sp³-hybridized carbons (Fsp3) is 0.533. The van der Waals surface area contributed by atoms with Crippen molar-refractivity contribution in [2.24, 2.45) is 0 Å². The van der Waals surface area contributed by atoms with E-state index < -0.39 is 0 Å². The number of piperazine rings is 1. The van der Waals surface area contributed by atoms with Crippen LogP contribution in [0.3, 0.4) is 0 Å². The van der Waals surface area contributed by atoms with Crippen LogP contribution < -0.4 is 10.1 Å². The highest BCUT2D eigenvalue weighted by Crippen LogP contribution is 2.24. The zero-order chi connectivity index (χ0) is 14.7. The fourth-order valence-electron chi connectivity index (χ4n) is 2.33. The maximum absolute atomic E-state index is 12.6. The molecule has 1 fully saturated rings. The first-order valence-electron chi connectivity index (χ1n) is 6.96. The number of nitrogens with zero attached hydrogens (tertiary/aromatic N) is 1. The number of halogens is 1. The van der Waals surface area contributed by atoms with Crippen LogP contribution in [0.4, 0.5) is 0 Å². The van der Waals surface area contributed by atoms with Gasteiger partial charge in [0, 0.05) is 35.7 Å². The van der Waals surface area contributed by atoms with Gasteiger partial charge in [0.05, 0.1) is 6.10 Å². The Kier molecular flexibility index (Phi) is 5.05. The summed E-state index contributed by atoms with van der Waals surface area (Å²) in [4.78, 5) is 14.5. The number of rotatable bonds is 3. The van der Waals surface area contributed by atoms with Crippen LogP contribution in [0, 0.1) is 0 Å². The molecule has 1 aromatic carbocycles. The molecule has 1 aliphatic heterocycles. The van der Waals surface area contributed by atoms with Gasteiger partial charge in [-0.15, -0.1) is 0 Å². The normalized spacial score (nSPS) is 19.2. The van der Waals surface area contributed by atoms with Gasteiger partial charge in [-0.2, -0.15) is 0 Å². The van der Waals surface area contributed by atoms with Crippen molar-refractivity contribution in [2.45, 2.75) is 32.9 Å². The number of amides is 1. The van der Waals surface area contributed by atoms with Crippen LogP contribution in [0.15, 0.2) is 22.7 Å². The standard InChI is InChI=1S/C15H21BrN2O2/c1-10(2)20-14-7-12(6-13(16)8-14)15(19)18-5-4-17-9-11(18)3/h6-8,10-11,17H,4-5,9H2,1-3H3/t11-/m1/s1. The average Bonchev–Trinajstić information content (AvgIpc) is 2.37. The Hall–Kier alpha value is -1.07. The van der Waals surface area contributed by atoms with Gasteiger partial charge in [0.1, 0.15) is 5.75 Å². The first kappa shape index (κ1) is 15.3. The van der Waals surface area contributed by atoms with E-state index in [2.05, 4.69) is 28.2 Å². The molecule has 20 heavy (non-hydrogen) atoms. The molecule has 1 aromatic rings. The van der Waals surface area contributed by atoms with Crippen molar-refractivity contribution in [1.29, 1.82) is 0 Å². The van der Waals surface area contributed by atoms with Crippen molar-refractivity contribution in [3.8, 4) is 5.75 Å². The number of carbonyl (C=O) groups is 1. The fourth-order valence-corrected chi connectivity index (χ4v) is 2.81. The monoisotopic (exact) mass is 340 g/mol. The minimum atomic E-state index is 0.0638. The summed E-state index contributed by atoms with van der Waals surface area (Å²) in [5.41, 5.74) is 0.670. The summed E-state index contributed by atoms with van der Waals surface area (Å²) in [5.74, 6) is 0.786. The van der Waals surface area contributed by atoms with Gasteiger partial charge in [-0.1, -0.05) is 15.9 Å². The lowest BCUT2D eigenvalue weighted by Gasteiger charge is -2.34. The molecule has 1 aliphatic rings. The largest absolute Gasteiger partial charge is 0.491 e. The molecule has 110 valence electrons. The molecule has 1 N–H and O–H groups in total. The third kappa shape index (κ3) is 3.73. The SMILES string of the molecule is CC(C)Oc1cc(Br)cc(C(=O)N2CCNC[C@H]2C)c1. The highest BCUT2D eigenvalue weighted by atomic mass is 79.9. The van der Waals surface area contributed by atoms with Crippen LogP contribution in [-0.4, -0.2) is 42.6 Å². The number of nitrogens with one attached hydrogen (secondary N) is 1. The van der Waals surface area contributed by atoms with E-state index in [9.17, 15) is 4.79 Å². The molecule has 0 saturated carbocycles. The molecule has 1 amide bonds. The minimum absolute atomic E-state index is 0.0638. The third-order valence-corrected chi connectivity index (χ3v) is 3.71. The summed E-state index contributed by atoms with van der Waals surface area (Å²) in [6, 6.07) is 5.77. The number of hydrogen-bond acceptors (Lipinski definition) is 3. The predicted octanol–water partition coefficient (Wildman–Crippen LogP) is 2.67. The molecule has 1 atom stereocenters. The highest BCUT2D eigenvalue weighted by molar-refractivity contribution is 9.10. The van der Waals surface area contributed by atoms with Crippen LogP contribution in [0.25, 0.3) is 0 Å². The molecule has 0 aromatic heterocycles. The molecule has 4 nitrogen and oxygen atoms in total. The van der Waals surface area contributed by atoms with Gasteiger partial charge in [-0.05, 0) is 39.0 Å². The van der Waals surface area contributed by atoms with Gasteiger partial charge in [0.2, 0.25) is 0 Å². The second-order valence-corrected chi connectivity index (χ2v) is 6.31. The second kappa shape index (κ2) is 6.59. The first-order valence-corrected chi connectivity index (χ1v) is 7.75. The van der Waals surface area contributed by atoms with E-state index >= 15 is 0 Å². The molecule has 1 saturated heterocycles. The predicted molar refractivity (Wildman–Crippen MR) is 83.3 cm³/mol. The molecule has 0 unspecified atom stereocenters.